The molecule has 3 rings (SSSR count). The number of aryl methyl sites for hydroxylation is 1. The number of ether oxygens (including phenoxy) is 2. The van der Waals surface area contributed by atoms with Gasteiger partial charge in [0.2, 0.25) is 15.9 Å². The van der Waals surface area contributed by atoms with Crippen molar-refractivity contribution in [2.75, 3.05) is 40.4 Å². The largest absolute Gasteiger partial charge is 0.493 e. The Morgan fingerprint density at radius 3 is 2.14 bits per heavy atom. The van der Waals surface area contributed by atoms with Gasteiger partial charge in [-0.2, -0.15) is 4.31 Å². The molecular formula is C21H26N2O5S. The molecular weight excluding hydrogens is 392 g/mol. The third-order valence-corrected chi connectivity index (χ3v) is 6.95. The summed E-state index contributed by atoms with van der Waals surface area (Å²) in [6, 6.07) is 12.4. The summed E-state index contributed by atoms with van der Waals surface area (Å²) < 4.78 is 37.7. The lowest BCUT2D eigenvalue weighted by molar-refractivity contribution is -0.131. The number of nitrogens with zero attached hydrogens (tertiary/aromatic N) is 2. The molecule has 1 amide bonds. The Bertz CT molecular complexity index is 965. The fraction of sp³-hybridized carbons (Fsp3) is 0.381. The second kappa shape index (κ2) is 8.84. The quantitative estimate of drug-likeness (QED) is 0.718. The van der Waals surface area contributed by atoms with E-state index < -0.39 is 10.0 Å². The van der Waals surface area contributed by atoms with Crippen LogP contribution in [0.1, 0.15) is 11.1 Å². The summed E-state index contributed by atoms with van der Waals surface area (Å²) in [7, 11) is -0.709. The van der Waals surface area contributed by atoms with Crippen LogP contribution in [-0.2, 0) is 21.2 Å². The van der Waals surface area contributed by atoms with E-state index in [4.69, 9.17) is 9.47 Å². The first-order chi connectivity index (χ1) is 13.8. The molecule has 0 unspecified atom stereocenters. The monoisotopic (exact) mass is 418 g/mol. The molecule has 0 aromatic heterocycles. The summed E-state index contributed by atoms with van der Waals surface area (Å²) in [5, 5.41) is 0. The molecule has 2 aromatic carbocycles. The number of hydrogen-bond donors (Lipinski definition) is 0. The van der Waals surface area contributed by atoms with Gasteiger partial charge in [0.25, 0.3) is 0 Å². The topological polar surface area (TPSA) is 76.2 Å². The predicted molar refractivity (Wildman–Crippen MR) is 110 cm³/mol. The third-order valence-electron chi connectivity index (χ3n) is 5.06. The molecule has 0 saturated carbocycles. The van der Waals surface area contributed by atoms with E-state index in [-0.39, 0.29) is 23.9 Å². The van der Waals surface area contributed by atoms with Crippen molar-refractivity contribution in [1.29, 1.82) is 0 Å². The predicted octanol–water partition coefficient (Wildman–Crippen LogP) is 2.09. The van der Waals surface area contributed by atoms with Crippen molar-refractivity contribution in [2.24, 2.45) is 0 Å². The number of piperazine rings is 1. The zero-order valence-electron chi connectivity index (χ0n) is 16.9. The van der Waals surface area contributed by atoms with Crippen LogP contribution < -0.4 is 9.47 Å². The van der Waals surface area contributed by atoms with Gasteiger partial charge < -0.3 is 14.4 Å². The summed E-state index contributed by atoms with van der Waals surface area (Å²) in [5.74, 6) is 0.843. The molecule has 0 N–H and O–H groups in total. The van der Waals surface area contributed by atoms with Gasteiger partial charge in [-0.25, -0.2) is 8.42 Å². The number of hydrogen-bond acceptors (Lipinski definition) is 5. The van der Waals surface area contributed by atoms with Crippen LogP contribution in [0.5, 0.6) is 11.5 Å². The van der Waals surface area contributed by atoms with Gasteiger partial charge in [0.15, 0.2) is 11.5 Å². The van der Waals surface area contributed by atoms with Crippen molar-refractivity contribution in [1.82, 2.24) is 9.21 Å². The minimum absolute atomic E-state index is 0.0111. The van der Waals surface area contributed by atoms with E-state index in [1.165, 1.54) is 30.7 Å². The van der Waals surface area contributed by atoms with E-state index in [0.717, 1.165) is 11.1 Å². The lowest BCUT2D eigenvalue weighted by atomic mass is 10.1. The summed E-state index contributed by atoms with van der Waals surface area (Å²) in [4.78, 5) is 14.4. The maximum Gasteiger partial charge on any atom is 0.243 e. The Kier molecular flexibility index (Phi) is 6.44. The number of benzene rings is 2. The normalized spacial score (nSPS) is 15.2. The number of amides is 1. The highest BCUT2D eigenvalue weighted by Gasteiger charge is 2.30. The van der Waals surface area contributed by atoms with Crippen LogP contribution in [0.25, 0.3) is 0 Å². The average Bonchev–Trinajstić information content (AvgIpc) is 2.74. The van der Waals surface area contributed by atoms with Crippen LogP contribution in [0.2, 0.25) is 0 Å². The molecule has 1 aliphatic rings. The number of carbonyl (C=O) groups excluding carboxylic acids is 1. The van der Waals surface area contributed by atoms with Crippen LogP contribution >= 0.6 is 0 Å². The van der Waals surface area contributed by atoms with Gasteiger partial charge in [0.05, 0.1) is 25.5 Å². The van der Waals surface area contributed by atoms with Crippen molar-refractivity contribution < 1.29 is 22.7 Å². The summed E-state index contributed by atoms with van der Waals surface area (Å²) in [6.07, 6.45) is 0.322. The number of carbonyl (C=O) groups is 1. The maximum atomic E-state index is 13.0. The van der Waals surface area contributed by atoms with Crippen molar-refractivity contribution in [3.8, 4) is 11.5 Å². The van der Waals surface area contributed by atoms with Gasteiger partial charge >= 0.3 is 0 Å². The van der Waals surface area contributed by atoms with E-state index in [1.54, 1.807) is 11.0 Å². The molecule has 7 nitrogen and oxygen atoms in total. The van der Waals surface area contributed by atoms with E-state index in [0.29, 0.717) is 31.0 Å². The second-order valence-corrected chi connectivity index (χ2v) is 8.90. The molecule has 1 fully saturated rings. The van der Waals surface area contributed by atoms with Gasteiger partial charge in [-0.15, -0.1) is 0 Å². The lowest BCUT2D eigenvalue weighted by Crippen LogP contribution is -2.50. The molecule has 1 heterocycles. The fourth-order valence-electron chi connectivity index (χ4n) is 3.30. The molecule has 2 aromatic rings. The minimum atomic E-state index is -3.67. The van der Waals surface area contributed by atoms with E-state index in [2.05, 4.69) is 0 Å². The molecule has 1 saturated heterocycles. The van der Waals surface area contributed by atoms with E-state index in [9.17, 15) is 13.2 Å². The first-order valence-electron chi connectivity index (χ1n) is 9.40. The molecule has 0 aliphatic carbocycles. The van der Waals surface area contributed by atoms with E-state index >= 15 is 0 Å². The number of methoxy groups -OCH3 is 2. The maximum absolute atomic E-state index is 13.0. The fourth-order valence-corrected chi connectivity index (χ4v) is 4.73. The Labute approximate surface area is 171 Å². The molecule has 8 heteroatoms. The first-order valence-corrected chi connectivity index (χ1v) is 10.8. The van der Waals surface area contributed by atoms with Crippen molar-refractivity contribution >= 4 is 15.9 Å². The lowest BCUT2D eigenvalue weighted by Gasteiger charge is -2.34. The summed E-state index contributed by atoms with van der Waals surface area (Å²) >= 11 is 0. The Balaban J connectivity index is 1.65. The molecule has 156 valence electrons. The van der Waals surface area contributed by atoms with Crippen LogP contribution in [0.15, 0.2) is 47.4 Å². The molecule has 0 spiro atoms. The standard InChI is InChI=1S/C21H26N2O5S/c1-16-4-6-17(7-5-16)14-21(24)22-10-12-23(13-11-22)29(25,26)18-8-9-19(27-2)20(15-18)28-3/h4-9,15H,10-14H2,1-3H3. The first kappa shape index (κ1) is 21.1. The molecule has 0 radical (unpaired) electrons. The molecule has 1 aliphatic heterocycles. The smallest absolute Gasteiger partial charge is 0.243 e. The van der Waals surface area contributed by atoms with Crippen LogP contribution in [0.3, 0.4) is 0 Å². The Hall–Kier alpha value is -2.58. The van der Waals surface area contributed by atoms with Crippen LogP contribution in [0.4, 0.5) is 0 Å². The second-order valence-electron chi connectivity index (χ2n) is 6.96. The van der Waals surface area contributed by atoms with Gasteiger partial charge in [0, 0.05) is 32.2 Å². The zero-order valence-corrected chi connectivity index (χ0v) is 17.7. The van der Waals surface area contributed by atoms with E-state index in [1.807, 2.05) is 31.2 Å². The number of sulfonamides is 1. The van der Waals surface area contributed by atoms with Crippen molar-refractivity contribution in [3.63, 3.8) is 0 Å². The third kappa shape index (κ3) is 4.71. The zero-order chi connectivity index (χ0) is 21.0. The van der Waals surface area contributed by atoms with Crippen molar-refractivity contribution in [3.05, 3.63) is 53.6 Å². The Morgan fingerprint density at radius 1 is 0.931 bits per heavy atom. The summed E-state index contributed by atoms with van der Waals surface area (Å²) in [5.41, 5.74) is 2.11. The van der Waals surface area contributed by atoms with Gasteiger partial charge in [-0.1, -0.05) is 29.8 Å². The number of rotatable bonds is 6. The van der Waals surface area contributed by atoms with Gasteiger partial charge in [-0.3, -0.25) is 4.79 Å². The van der Waals surface area contributed by atoms with Crippen LogP contribution in [0, 0.1) is 6.92 Å². The van der Waals surface area contributed by atoms with Gasteiger partial charge in [0.1, 0.15) is 0 Å². The average molecular weight is 419 g/mol. The highest BCUT2D eigenvalue weighted by Crippen LogP contribution is 2.30. The summed E-state index contributed by atoms with van der Waals surface area (Å²) in [6.45, 7) is 3.27. The SMILES string of the molecule is COc1ccc(S(=O)(=O)N2CCN(C(=O)Cc3ccc(C)cc3)CC2)cc1OC. The van der Waals surface area contributed by atoms with Gasteiger partial charge in [-0.05, 0) is 24.6 Å². The highest BCUT2D eigenvalue weighted by atomic mass is 32.2. The minimum Gasteiger partial charge on any atom is -0.493 e. The Morgan fingerprint density at radius 2 is 1.55 bits per heavy atom. The molecule has 0 atom stereocenters. The molecule has 29 heavy (non-hydrogen) atoms. The highest BCUT2D eigenvalue weighted by molar-refractivity contribution is 7.89. The van der Waals surface area contributed by atoms with Crippen molar-refractivity contribution in [2.45, 2.75) is 18.2 Å². The molecule has 0 bridgehead atoms. The van der Waals surface area contributed by atoms with Crippen LogP contribution in [-0.4, -0.2) is 63.9 Å².